The maximum absolute atomic E-state index is 12.2. The van der Waals surface area contributed by atoms with Crippen molar-refractivity contribution in [2.45, 2.75) is 51.0 Å². The van der Waals surface area contributed by atoms with E-state index in [0.29, 0.717) is 18.5 Å². The van der Waals surface area contributed by atoms with Crippen molar-refractivity contribution in [3.05, 3.63) is 17.0 Å². The fourth-order valence-electron chi connectivity index (χ4n) is 2.93. The monoisotopic (exact) mass is 278 g/mol. The second-order valence-corrected chi connectivity index (χ2v) is 5.67. The van der Waals surface area contributed by atoms with E-state index in [1.807, 2.05) is 0 Å². The molecule has 1 saturated carbocycles. The van der Waals surface area contributed by atoms with Gasteiger partial charge in [0.15, 0.2) is 5.69 Å². The van der Waals surface area contributed by atoms with Gasteiger partial charge in [-0.05, 0) is 32.1 Å². The van der Waals surface area contributed by atoms with Crippen molar-refractivity contribution in [1.82, 2.24) is 10.5 Å². The molecule has 0 saturated heterocycles. The Kier molecular flexibility index (Phi) is 3.46. The molecule has 0 atom stereocenters. The molecule has 0 aliphatic heterocycles. The van der Waals surface area contributed by atoms with E-state index in [9.17, 15) is 9.59 Å². The number of carbonyl (C=O) groups is 2. The highest BCUT2D eigenvalue weighted by molar-refractivity contribution is 5.94. The molecule has 0 aromatic carbocycles. The third kappa shape index (κ3) is 2.42. The number of aliphatic carboxylic acids is 1. The van der Waals surface area contributed by atoms with Crippen LogP contribution in [0, 0.1) is 5.92 Å². The quantitative estimate of drug-likeness (QED) is 0.818. The number of fused-ring (bicyclic) bond motifs is 1. The molecule has 1 heterocycles. The first kappa shape index (κ1) is 13.1. The Hall–Kier alpha value is -1.85. The summed E-state index contributed by atoms with van der Waals surface area (Å²) in [4.78, 5) is 22.9. The summed E-state index contributed by atoms with van der Waals surface area (Å²) in [5.41, 5.74) is 1.33. The average molecular weight is 278 g/mol. The second kappa shape index (κ2) is 5.26. The Morgan fingerprint density at radius 2 is 1.95 bits per heavy atom. The van der Waals surface area contributed by atoms with Crippen LogP contribution >= 0.6 is 0 Å². The Bertz CT molecular complexity index is 531. The van der Waals surface area contributed by atoms with E-state index in [4.69, 9.17) is 9.63 Å². The Morgan fingerprint density at radius 1 is 1.20 bits per heavy atom. The Labute approximate surface area is 116 Å². The van der Waals surface area contributed by atoms with Crippen LogP contribution in [0.4, 0.5) is 0 Å². The van der Waals surface area contributed by atoms with Gasteiger partial charge in [-0.15, -0.1) is 0 Å². The number of rotatable bonds is 3. The normalized spacial score (nSPS) is 25.2. The van der Waals surface area contributed by atoms with E-state index in [1.54, 1.807) is 0 Å². The smallest absolute Gasteiger partial charge is 0.306 e. The van der Waals surface area contributed by atoms with E-state index < -0.39 is 5.97 Å². The molecule has 1 aromatic heterocycles. The SMILES string of the molecule is O=C(NC1CC(C(=O)O)C1)c1noc2c1CCCCC2. The molecule has 0 unspecified atom stereocenters. The molecular weight excluding hydrogens is 260 g/mol. The van der Waals surface area contributed by atoms with Gasteiger partial charge in [0, 0.05) is 18.0 Å². The standard InChI is InChI=1S/C14H18N2O4/c17-13(15-9-6-8(7-9)14(18)19)12-10-4-2-1-3-5-11(10)20-16-12/h8-9H,1-7H2,(H,15,17)(H,18,19). The maximum atomic E-state index is 12.2. The van der Waals surface area contributed by atoms with Gasteiger partial charge in [0.05, 0.1) is 5.92 Å². The number of amides is 1. The van der Waals surface area contributed by atoms with Crippen molar-refractivity contribution in [1.29, 1.82) is 0 Å². The molecule has 3 rings (SSSR count). The molecule has 1 amide bonds. The fraction of sp³-hybridized carbons (Fsp3) is 0.643. The average Bonchev–Trinajstić information content (AvgIpc) is 2.62. The zero-order chi connectivity index (χ0) is 14.1. The summed E-state index contributed by atoms with van der Waals surface area (Å²) in [7, 11) is 0. The number of carboxylic acids is 1. The zero-order valence-electron chi connectivity index (χ0n) is 11.2. The van der Waals surface area contributed by atoms with Gasteiger partial charge in [-0.25, -0.2) is 0 Å². The molecule has 108 valence electrons. The van der Waals surface area contributed by atoms with Crippen LogP contribution < -0.4 is 5.32 Å². The number of hydrogen-bond donors (Lipinski definition) is 2. The second-order valence-electron chi connectivity index (χ2n) is 5.67. The summed E-state index contributed by atoms with van der Waals surface area (Å²) in [6, 6.07) is -0.0540. The molecule has 0 bridgehead atoms. The molecule has 0 spiro atoms. The number of nitrogens with one attached hydrogen (secondary N) is 1. The highest BCUT2D eigenvalue weighted by Crippen LogP contribution is 2.28. The summed E-state index contributed by atoms with van der Waals surface area (Å²) in [5, 5.41) is 15.6. The number of carbonyl (C=O) groups excluding carboxylic acids is 1. The first-order valence-electron chi connectivity index (χ1n) is 7.16. The van der Waals surface area contributed by atoms with Crippen molar-refractivity contribution in [3.63, 3.8) is 0 Å². The molecule has 2 aliphatic rings. The van der Waals surface area contributed by atoms with Gasteiger partial charge in [-0.3, -0.25) is 9.59 Å². The van der Waals surface area contributed by atoms with Crippen molar-refractivity contribution in [3.8, 4) is 0 Å². The predicted molar refractivity (Wildman–Crippen MR) is 69.4 cm³/mol. The molecule has 6 nitrogen and oxygen atoms in total. The third-order valence-corrected chi connectivity index (χ3v) is 4.24. The van der Waals surface area contributed by atoms with Crippen LogP contribution in [-0.4, -0.2) is 28.2 Å². The van der Waals surface area contributed by atoms with E-state index in [2.05, 4.69) is 10.5 Å². The van der Waals surface area contributed by atoms with E-state index in [1.165, 1.54) is 0 Å². The minimum Gasteiger partial charge on any atom is -0.481 e. The van der Waals surface area contributed by atoms with Gasteiger partial charge in [0.25, 0.3) is 5.91 Å². The first-order chi connectivity index (χ1) is 9.65. The van der Waals surface area contributed by atoms with Crippen LogP contribution in [0.5, 0.6) is 0 Å². The van der Waals surface area contributed by atoms with E-state index in [-0.39, 0.29) is 17.9 Å². The molecule has 1 aromatic rings. The molecule has 20 heavy (non-hydrogen) atoms. The minimum absolute atomic E-state index is 0.0540. The van der Waals surface area contributed by atoms with Crippen LogP contribution in [-0.2, 0) is 17.6 Å². The van der Waals surface area contributed by atoms with Gasteiger partial charge in [-0.1, -0.05) is 11.6 Å². The van der Waals surface area contributed by atoms with Gasteiger partial charge in [-0.2, -0.15) is 0 Å². The van der Waals surface area contributed by atoms with Crippen LogP contribution in [0.25, 0.3) is 0 Å². The molecule has 0 radical (unpaired) electrons. The summed E-state index contributed by atoms with van der Waals surface area (Å²) in [6.07, 6.45) is 5.96. The highest BCUT2D eigenvalue weighted by Gasteiger charge is 2.36. The van der Waals surface area contributed by atoms with Gasteiger partial charge >= 0.3 is 5.97 Å². The molecule has 2 N–H and O–H groups in total. The summed E-state index contributed by atoms with van der Waals surface area (Å²) >= 11 is 0. The van der Waals surface area contributed by atoms with E-state index in [0.717, 1.165) is 43.4 Å². The van der Waals surface area contributed by atoms with Gasteiger partial charge in [0.1, 0.15) is 5.76 Å². The maximum Gasteiger partial charge on any atom is 0.306 e. The zero-order valence-corrected chi connectivity index (χ0v) is 11.2. The summed E-state index contributed by atoms with van der Waals surface area (Å²) < 4.78 is 5.28. The lowest BCUT2D eigenvalue weighted by molar-refractivity contribution is -0.145. The summed E-state index contributed by atoms with van der Waals surface area (Å²) in [6.45, 7) is 0. The van der Waals surface area contributed by atoms with Gasteiger partial charge < -0.3 is 14.9 Å². The largest absolute Gasteiger partial charge is 0.481 e. The highest BCUT2D eigenvalue weighted by atomic mass is 16.5. The number of aryl methyl sites for hydroxylation is 1. The number of hydrogen-bond acceptors (Lipinski definition) is 4. The van der Waals surface area contributed by atoms with Crippen LogP contribution in [0.1, 0.15) is 53.9 Å². The minimum atomic E-state index is -0.786. The molecule has 2 aliphatic carbocycles. The van der Waals surface area contributed by atoms with Crippen molar-refractivity contribution in [2.24, 2.45) is 5.92 Å². The number of nitrogens with zero attached hydrogens (tertiary/aromatic N) is 1. The molecule has 6 heteroatoms. The third-order valence-electron chi connectivity index (χ3n) is 4.24. The first-order valence-corrected chi connectivity index (χ1v) is 7.16. The van der Waals surface area contributed by atoms with Crippen LogP contribution in [0.3, 0.4) is 0 Å². The van der Waals surface area contributed by atoms with Crippen molar-refractivity contribution in [2.75, 3.05) is 0 Å². The predicted octanol–water partition coefficient (Wildman–Crippen LogP) is 1.54. The Balaban J connectivity index is 1.64. The fourth-order valence-corrected chi connectivity index (χ4v) is 2.93. The lowest BCUT2D eigenvalue weighted by Crippen LogP contribution is -2.46. The topological polar surface area (TPSA) is 92.4 Å². The number of aromatic nitrogens is 1. The number of carboxylic acid groups (broad SMARTS) is 1. The molecule has 1 fully saturated rings. The molecular formula is C14H18N2O4. The lowest BCUT2D eigenvalue weighted by atomic mass is 9.80. The lowest BCUT2D eigenvalue weighted by Gasteiger charge is -2.32. The van der Waals surface area contributed by atoms with Crippen LogP contribution in [0.2, 0.25) is 0 Å². The van der Waals surface area contributed by atoms with Gasteiger partial charge in [0.2, 0.25) is 0 Å². The van der Waals surface area contributed by atoms with Crippen molar-refractivity contribution < 1.29 is 19.2 Å². The summed E-state index contributed by atoms with van der Waals surface area (Å²) in [5.74, 6) is -0.504. The Morgan fingerprint density at radius 3 is 2.70 bits per heavy atom. The van der Waals surface area contributed by atoms with E-state index >= 15 is 0 Å². The van der Waals surface area contributed by atoms with Crippen molar-refractivity contribution >= 4 is 11.9 Å². The van der Waals surface area contributed by atoms with Crippen LogP contribution in [0.15, 0.2) is 4.52 Å².